The lowest BCUT2D eigenvalue weighted by Gasteiger charge is -2.23. The van der Waals surface area contributed by atoms with Crippen molar-refractivity contribution in [1.82, 2.24) is 20.3 Å². The zero-order valence-corrected chi connectivity index (χ0v) is 10.9. The Balaban J connectivity index is 1.71. The van der Waals surface area contributed by atoms with Crippen LogP contribution in [-0.4, -0.2) is 45.5 Å². The molecule has 0 radical (unpaired) electrons. The lowest BCUT2D eigenvalue weighted by molar-refractivity contribution is 0.0206. The first-order valence-corrected chi connectivity index (χ1v) is 6.56. The fraction of sp³-hybridized carbons (Fsp3) is 0.833. The van der Waals surface area contributed by atoms with Gasteiger partial charge in [-0.2, -0.15) is 0 Å². The van der Waals surface area contributed by atoms with Crippen LogP contribution in [0.15, 0.2) is 6.20 Å². The summed E-state index contributed by atoms with van der Waals surface area (Å²) in [5, 5.41) is 20.2. The van der Waals surface area contributed by atoms with Crippen molar-refractivity contribution < 1.29 is 9.84 Å². The van der Waals surface area contributed by atoms with E-state index in [1.54, 1.807) is 4.68 Å². The summed E-state index contributed by atoms with van der Waals surface area (Å²) in [5.41, 5.74) is 0.905. The summed E-state index contributed by atoms with van der Waals surface area (Å²) >= 11 is 0. The summed E-state index contributed by atoms with van der Waals surface area (Å²) in [6, 6.07) is 0. The van der Waals surface area contributed by atoms with Gasteiger partial charge in [0.25, 0.3) is 0 Å². The molecule has 0 spiro atoms. The molecule has 0 aromatic carbocycles. The summed E-state index contributed by atoms with van der Waals surface area (Å²) in [6.07, 6.45) is 4.89. The molecule has 2 heterocycles. The van der Waals surface area contributed by atoms with Crippen LogP contribution in [0.2, 0.25) is 0 Å². The van der Waals surface area contributed by atoms with Crippen LogP contribution in [0.3, 0.4) is 0 Å². The molecule has 102 valence electrons. The Morgan fingerprint density at radius 3 is 3.22 bits per heavy atom. The third-order valence-corrected chi connectivity index (χ3v) is 3.24. The molecule has 2 rings (SSSR count). The smallest absolute Gasteiger partial charge is 0.0964 e. The molecule has 1 fully saturated rings. The number of nitrogens with zero attached hydrogens (tertiary/aromatic N) is 3. The summed E-state index contributed by atoms with van der Waals surface area (Å²) in [5.74, 6) is 0. The molecule has 0 saturated carbocycles. The predicted molar refractivity (Wildman–Crippen MR) is 67.0 cm³/mol. The normalized spacial score (nSPS) is 23.7. The average Bonchev–Trinajstić information content (AvgIpc) is 2.97. The summed E-state index contributed by atoms with van der Waals surface area (Å²) < 4.78 is 7.47. The van der Waals surface area contributed by atoms with Crippen LogP contribution in [0, 0.1) is 0 Å². The van der Waals surface area contributed by atoms with Crippen molar-refractivity contribution in [2.75, 3.05) is 19.8 Å². The highest BCUT2D eigenvalue weighted by Gasteiger charge is 2.28. The Labute approximate surface area is 107 Å². The Morgan fingerprint density at radius 2 is 2.50 bits per heavy atom. The molecule has 1 aliphatic rings. The van der Waals surface area contributed by atoms with Gasteiger partial charge in [-0.25, -0.2) is 0 Å². The summed E-state index contributed by atoms with van der Waals surface area (Å²) in [4.78, 5) is 0. The van der Waals surface area contributed by atoms with Crippen molar-refractivity contribution in [3.63, 3.8) is 0 Å². The molecule has 1 saturated heterocycles. The van der Waals surface area contributed by atoms with Gasteiger partial charge in [-0.1, -0.05) is 5.21 Å². The highest BCUT2D eigenvalue weighted by Crippen LogP contribution is 2.23. The Hall–Kier alpha value is -0.980. The Kier molecular flexibility index (Phi) is 4.68. The van der Waals surface area contributed by atoms with Crippen molar-refractivity contribution in [2.24, 2.45) is 0 Å². The maximum Gasteiger partial charge on any atom is 0.0964 e. The van der Waals surface area contributed by atoms with E-state index in [2.05, 4.69) is 22.6 Å². The van der Waals surface area contributed by atoms with Crippen LogP contribution in [0.25, 0.3) is 0 Å². The minimum absolute atomic E-state index is 0.0209. The van der Waals surface area contributed by atoms with E-state index >= 15 is 0 Å². The van der Waals surface area contributed by atoms with Gasteiger partial charge in [-0.05, 0) is 26.2 Å². The SMILES string of the molecule is CC1(CNCc2cn(CCCO)nn2)CCCO1. The summed E-state index contributed by atoms with van der Waals surface area (Å²) in [6.45, 7) is 5.46. The highest BCUT2D eigenvalue weighted by molar-refractivity contribution is 4.92. The van der Waals surface area contributed by atoms with E-state index < -0.39 is 0 Å². The largest absolute Gasteiger partial charge is 0.396 e. The molecule has 0 bridgehead atoms. The first kappa shape index (κ1) is 13.5. The highest BCUT2D eigenvalue weighted by atomic mass is 16.5. The summed E-state index contributed by atoms with van der Waals surface area (Å²) in [7, 11) is 0. The van der Waals surface area contributed by atoms with E-state index in [9.17, 15) is 0 Å². The number of hydrogen-bond donors (Lipinski definition) is 2. The van der Waals surface area contributed by atoms with E-state index in [-0.39, 0.29) is 12.2 Å². The maximum atomic E-state index is 8.74. The number of nitrogens with one attached hydrogen (secondary N) is 1. The van der Waals surface area contributed by atoms with E-state index in [0.29, 0.717) is 19.5 Å². The van der Waals surface area contributed by atoms with Crippen molar-refractivity contribution >= 4 is 0 Å². The van der Waals surface area contributed by atoms with Gasteiger partial charge in [0.1, 0.15) is 0 Å². The minimum Gasteiger partial charge on any atom is -0.396 e. The maximum absolute atomic E-state index is 8.74. The minimum atomic E-state index is -0.0209. The van der Waals surface area contributed by atoms with E-state index in [1.807, 2.05) is 6.20 Å². The third-order valence-electron chi connectivity index (χ3n) is 3.24. The molecule has 1 aliphatic heterocycles. The zero-order valence-electron chi connectivity index (χ0n) is 10.9. The van der Waals surface area contributed by atoms with Crippen LogP contribution in [0.1, 0.15) is 31.9 Å². The van der Waals surface area contributed by atoms with Crippen LogP contribution < -0.4 is 5.32 Å². The predicted octanol–water partition coefficient (Wildman–Crippen LogP) is 0.319. The van der Waals surface area contributed by atoms with Gasteiger partial charge in [0, 0.05) is 39.0 Å². The molecule has 1 aromatic rings. The van der Waals surface area contributed by atoms with E-state index in [4.69, 9.17) is 9.84 Å². The monoisotopic (exact) mass is 254 g/mol. The van der Waals surface area contributed by atoms with Gasteiger partial charge in [0.2, 0.25) is 0 Å². The fourth-order valence-electron chi connectivity index (χ4n) is 2.19. The number of ether oxygens (including phenoxy) is 1. The first-order valence-electron chi connectivity index (χ1n) is 6.56. The Morgan fingerprint density at radius 1 is 1.61 bits per heavy atom. The van der Waals surface area contributed by atoms with Gasteiger partial charge in [-0.15, -0.1) is 5.10 Å². The van der Waals surface area contributed by atoms with Gasteiger partial charge in [0.15, 0.2) is 0 Å². The van der Waals surface area contributed by atoms with Crippen LogP contribution in [0.5, 0.6) is 0 Å². The fourth-order valence-corrected chi connectivity index (χ4v) is 2.19. The van der Waals surface area contributed by atoms with Crippen LogP contribution in [-0.2, 0) is 17.8 Å². The second-order valence-corrected chi connectivity index (χ2v) is 5.06. The van der Waals surface area contributed by atoms with Crippen molar-refractivity contribution in [3.8, 4) is 0 Å². The molecular formula is C12H22N4O2. The molecule has 1 unspecified atom stereocenters. The number of rotatable bonds is 7. The van der Waals surface area contributed by atoms with Crippen LogP contribution in [0.4, 0.5) is 0 Å². The number of aromatic nitrogens is 3. The second kappa shape index (κ2) is 6.26. The second-order valence-electron chi connectivity index (χ2n) is 5.06. The molecule has 6 heteroatoms. The molecule has 18 heavy (non-hydrogen) atoms. The lowest BCUT2D eigenvalue weighted by atomic mass is 10.0. The van der Waals surface area contributed by atoms with Gasteiger partial charge >= 0.3 is 0 Å². The number of hydrogen-bond acceptors (Lipinski definition) is 5. The average molecular weight is 254 g/mol. The molecule has 1 atom stereocenters. The quantitative estimate of drug-likeness (QED) is 0.733. The molecule has 1 aromatic heterocycles. The van der Waals surface area contributed by atoms with Crippen molar-refractivity contribution in [1.29, 1.82) is 0 Å². The molecule has 0 amide bonds. The third kappa shape index (κ3) is 3.76. The zero-order chi connectivity index (χ0) is 12.8. The molecule has 0 aliphatic carbocycles. The topological polar surface area (TPSA) is 72.2 Å². The Bertz CT molecular complexity index is 361. The number of aliphatic hydroxyl groups is 1. The van der Waals surface area contributed by atoms with Crippen LogP contribution >= 0.6 is 0 Å². The van der Waals surface area contributed by atoms with Gasteiger partial charge < -0.3 is 15.2 Å². The number of aliphatic hydroxyl groups excluding tert-OH is 1. The van der Waals surface area contributed by atoms with E-state index in [0.717, 1.165) is 31.7 Å². The van der Waals surface area contributed by atoms with E-state index in [1.165, 1.54) is 0 Å². The van der Waals surface area contributed by atoms with Gasteiger partial charge in [-0.3, -0.25) is 4.68 Å². The van der Waals surface area contributed by atoms with Gasteiger partial charge in [0.05, 0.1) is 11.3 Å². The molecule has 2 N–H and O–H groups in total. The molecular weight excluding hydrogens is 232 g/mol. The standard InChI is InChI=1S/C12H22N4O2/c1-12(4-2-7-18-12)10-13-8-11-9-16(15-14-11)5-3-6-17/h9,13,17H,2-8,10H2,1H3. The van der Waals surface area contributed by atoms with Crippen molar-refractivity contribution in [3.05, 3.63) is 11.9 Å². The van der Waals surface area contributed by atoms with Crippen molar-refractivity contribution in [2.45, 2.75) is 44.9 Å². The lowest BCUT2D eigenvalue weighted by Crippen LogP contribution is -2.36. The first-order chi connectivity index (χ1) is 8.72. The molecule has 6 nitrogen and oxygen atoms in total. The number of aryl methyl sites for hydroxylation is 1.